The largest absolute Gasteiger partial charge is 0.468 e. The summed E-state index contributed by atoms with van der Waals surface area (Å²) in [6.45, 7) is 0.390. The van der Waals surface area contributed by atoms with E-state index in [1.165, 1.54) is 4.90 Å². The van der Waals surface area contributed by atoms with E-state index in [9.17, 15) is 9.59 Å². The van der Waals surface area contributed by atoms with Crippen LogP contribution in [0.5, 0.6) is 0 Å². The first-order valence-corrected chi connectivity index (χ1v) is 9.27. The van der Waals surface area contributed by atoms with Gasteiger partial charge in [0, 0.05) is 5.56 Å². The van der Waals surface area contributed by atoms with Crippen molar-refractivity contribution < 1.29 is 18.4 Å². The van der Waals surface area contributed by atoms with E-state index in [0.29, 0.717) is 29.5 Å². The Balaban J connectivity index is 1.33. The highest BCUT2D eigenvalue weighted by Crippen LogP contribution is 2.28. The Bertz CT molecular complexity index is 1150. The van der Waals surface area contributed by atoms with E-state index < -0.39 is 6.04 Å². The average Bonchev–Trinajstić information content (AvgIpc) is 3.46. The summed E-state index contributed by atoms with van der Waals surface area (Å²) < 4.78 is 11.0. The van der Waals surface area contributed by atoms with Gasteiger partial charge < -0.3 is 8.83 Å². The van der Waals surface area contributed by atoms with Crippen molar-refractivity contribution >= 4 is 28.6 Å². The van der Waals surface area contributed by atoms with E-state index in [4.69, 9.17) is 8.83 Å². The van der Waals surface area contributed by atoms with Gasteiger partial charge in [0.05, 0.1) is 31.0 Å². The van der Waals surface area contributed by atoms with Gasteiger partial charge in [-0.1, -0.05) is 12.1 Å². The Morgan fingerprint density at radius 2 is 1.86 bits per heavy atom. The van der Waals surface area contributed by atoms with Crippen molar-refractivity contribution in [3.05, 3.63) is 72.7 Å². The Labute approximate surface area is 165 Å². The zero-order valence-corrected chi connectivity index (χ0v) is 15.4. The molecular formula is C22H17N3O4. The number of carbonyl (C=O) groups excluding carboxylic acids is 2. The number of furan rings is 1. The predicted molar refractivity (Wildman–Crippen MR) is 106 cm³/mol. The van der Waals surface area contributed by atoms with Crippen molar-refractivity contribution in [2.45, 2.75) is 19.0 Å². The number of oxazole rings is 1. The third kappa shape index (κ3) is 3.21. The summed E-state index contributed by atoms with van der Waals surface area (Å²) in [5.41, 5.74) is 2.79. The molecule has 1 unspecified atom stereocenters. The molecule has 0 bridgehead atoms. The molecular weight excluding hydrogens is 370 g/mol. The first-order chi connectivity index (χ1) is 14.2. The van der Waals surface area contributed by atoms with Crippen molar-refractivity contribution in [2.75, 3.05) is 4.90 Å². The standard InChI is InChI=1S/C22H17N3O4/c26-20-12-18(23-13-16-4-3-11-28-16)22(27)25(20)15-9-7-14(8-10-15)21-24-17-5-1-2-6-19(17)29-21/h1-11,18,23H,12-13H2. The number of carbonyl (C=O) groups is 2. The summed E-state index contributed by atoms with van der Waals surface area (Å²) in [6.07, 6.45) is 1.69. The van der Waals surface area contributed by atoms with E-state index in [1.54, 1.807) is 36.6 Å². The molecule has 4 aromatic rings. The van der Waals surface area contributed by atoms with Crippen molar-refractivity contribution in [3.63, 3.8) is 0 Å². The molecule has 1 saturated heterocycles. The van der Waals surface area contributed by atoms with Crippen LogP contribution in [0.4, 0.5) is 5.69 Å². The third-order valence-corrected chi connectivity index (χ3v) is 4.92. The lowest BCUT2D eigenvalue weighted by molar-refractivity contribution is -0.121. The van der Waals surface area contributed by atoms with Crippen LogP contribution in [-0.4, -0.2) is 22.8 Å². The second kappa shape index (κ2) is 7.03. The molecule has 1 aliphatic rings. The number of nitrogens with zero attached hydrogens (tertiary/aromatic N) is 2. The molecule has 1 N–H and O–H groups in total. The molecule has 7 nitrogen and oxygen atoms in total. The third-order valence-electron chi connectivity index (χ3n) is 4.92. The number of para-hydroxylation sites is 2. The molecule has 5 rings (SSSR count). The van der Waals surface area contributed by atoms with Gasteiger partial charge in [-0.05, 0) is 48.5 Å². The van der Waals surface area contributed by atoms with Crippen LogP contribution in [0.1, 0.15) is 12.2 Å². The maximum absolute atomic E-state index is 12.7. The van der Waals surface area contributed by atoms with Gasteiger partial charge in [-0.15, -0.1) is 0 Å². The van der Waals surface area contributed by atoms with E-state index in [0.717, 1.165) is 11.1 Å². The quantitative estimate of drug-likeness (QED) is 0.527. The molecule has 0 spiro atoms. The molecule has 0 saturated carbocycles. The minimum atomic E-state index is -0.565. The molecule has 144 valence electrons. The highest BCUT2D eigenvalue weighted by Gasteiger charge is 2.39. The fourth-order valence-electron chi connectivity index (χ4n) is 3.45. The summed E-state index contributed by atoms with van der Waals surface area (Å²) in [4.78, 5) is 30.9. The number of aromatic nitrogens is 1. The molecule has 1 aliphatic heterocycles. The predicted octanol–water partition coefficient (Wildman–Crippen LogP) is 3.51. The van der Waals surface area contributed by atoms with E-state index >= 15 is 0 Å². The fraction of sp³-hybridized carbons (Fsp3) is 0.136. The van der Waals surface area contributed by atoms with Crippen LogP contribution in [-0.2, 0) is 16.1 Å². The lowest BCUT2D eigenvalue weighted by atomic mass is 10.2. The second-order valence-electron chi connectivity index (χ2n) is 6.82. The van der Waals surface area contributed by atoms with Gasteiger partial charge in [0.15, 0.2) is 5.58 Å². The summed E-state index contributed by atoms with van der Waals surface area (Å²) in [6, 6.07) is 17.6. The van der Waals surface area contributed by atoms with Gasteiger partial charge in [-0.2, -0.15) is 0 Å². The summed E-state index contributed by atoms with van der Waals surface area (Å²) >= 11 is 0. The van der Waals surface area contributed by atoms with Crippen molar-refractivity contribution in [2.24, 2.45) is 0 Å². The summed E-state index contributed by atoms with van der Waals surface area (Å²) in [7, 11) is 0. The Kier molecular flexibility index (Phi) is 4.22. The molecule has 29 heavy (non-hydrogen) atoms. The maximum Gasteiger partial charge on any atom is 0.251 e. The molecule has 1 fully saturated rings. The number of benzene rings is 2. The number of rotatable bonds is 5. The number of anilines is 1. The first-order valence-electron chi connectivity index (χ1n) is 9.27. The molecule has 7 heteroatoms. The maximum atomic E-state index is 12.7. The lowest BCUT2D eigenvalue weighted by Crippen LogP contribution is -2.38. The van der Waals surface area contributed by atoms with Crippen LogP contribution < -0.4 is 10.2 Å². The number of nitrogens with one attached hydrogen (secondary N) is 1. The van der Waals surface area contributed by atoms with Gasteiger partial charge in [0.1, 0.15) is 11.3 Å². The highest BCUT2D eigenvalue weighted by molar-refractivity contribution is 6.22. The lowest BCUT2D eigenvalue weighted by Gasteiger charge is -2.15. The SMILES string of the molecule is O=C1CC(NCc2ccco2)C(=O)N1c1ccc(-c2nc3ccccc3o2)cc1. The summed E-state index contributed by atoms with van der Waals surface area (Å²) in [5.74, 6) is 0.707. The minimum Gasteiger partial charge on any atom is -0.468 e. The first kappa shape index (κ1) is 17.4. The van der Waals surface area contributed by atoms with Crippen LogP contribution in [0, 0.1) is 0 Å². The van der Waals surface area contributed by atoms with Crippen LogP contribution in [0.2, 0.25) is 0 Å². The van der Waals surface area contributed by atoms with Crippen LogP contribution in [0.3, 0.4) is 0 Å². The minimum absolute atomic E-state index is 0.117. The van der Waals surface area contributed by atoms with Gasteiger partial charge in [-0.3, -0.25) is 14.9 Å². The van der Waals surface area contributed by atoms with E-state index in [1.807, 2.05) is 30.3 Å². The molecule has 0 aliphatic carbocycles. The molecule has 0 radical (unpaired) electrons. The normalized spacial score (nSPS) is 16.8. The van der Waals surface area contributed by atoms with E-state index in [2.05, 4.69) is 10.3 Å². The molecule has 2 aromatic heterocycles. The Hall–Kier alpha value is -3.71. The molecule has 3 heterocycles. The fourth-order valence-corrected chi connectivity index (χ4v) is 3.45. The number of fused-ring (bicyclic) bond motifs is 1. The molecule has 2 amide bonds. The van der Waals surface area contributed by atoms with Crippen LogP contribution in [0.15, 0.2) is 75.8 Å². The average molecular weight is 387 g/mol. The highest BCUT2D eigenvalue weighted by atomic mass is 16.3. The smallest absolute Gasteiger partial charge is 0.251 e. The van der Waals surface area contributed by atoms with Gasteiger partial charge in [0.2, 0.25) is 11.8 Å². The van der Waals surface area contributed by atoms with Gasteiger partial charge >= 0.3 is 0 Å². The summed E-state index contributed by atoms with van der Waals surface area (Å²) in [5, 5.41) is 3.09. The van der Waals surface area contributed by atoms with Crippen LogP contribution >= 0.6 is 0 Å². The zero-order chi connectivity index (χ0) is 19.8. The van der Waals surface area contributed by atoms with Crippen molar-refractivity contribution in [1.29, 1.82) is 0 Å². The Morgan fingerprint density at radius 1 is 1.03 bits per heavy atom. The van der Waals surface area contributed by atoms with E-state index in [-0.39, 0.29) is 18.2 Å². The van der Waals surface area contributed by atoms with Crippen molar-refractivity contribution in [1.82, 2.24) is 10.3 Å². The second-order valence-corrected chi connectivity index (χ2v) is 6.82. The molecule has 2 aromatic carbocycles. The topological polar surface area (TPSA) is 88.6 Å². The van der Waals surface area contributed by atoms with Gasteiger partial charge in [0.25, 0.3) is 5.91 Å². The van der Waals surface area contributed by atoms with Gasteiger partial charge in [-0.25, -0.2) is 9.88 Å². The Morgan fingerprint density at radius 3 is 2.62 bits per heavy atom. The number of hydrogen-bond donors (Lipinski definition) is 1. The number of amides is 2. The van der Waals surface area contributed by atoms with Crippen molar-refractivity contribution in [3.8, 4) is 11.5 Å². The number of imide groups is 1. The monoisotopic (exact) mass is 387 g/mol. The zero-order valence-electron chi connectivity index (χ0n) is 15.4. The molecule has 1 atom stereocenters. The number of hydrogen-bond acceptors (Lipinski definition) is 6. The van der Waals surface area contributed by atoms with Crippen LogP contribution in [0.25, 0.3) is 22.6 Å².